The monoisotopic (exact) mass is 368 g/mol. The lowest BCUT2D eigenvalue weighted by Gasteiger charge is -2.13. The van der Waals surface area contributed by atoms with Gasteiger partial charge in [-0.1, -0.05) is 12.1 Å². The second kappa shape index (κ2) is 6.85. The van der Waals surface area contributed by atoms with Crippen LogP contribution in [0.3, 0.4) is 0 Å². The summed E-state index contributed by atoms with van der Waals surface area (Å²) in [6, 6.07) is 4.42. The fraction of sp³-hybridized carbons (Fsp3) is 0.400. The number of amides is 1. The van der Waals surface area contributed by atoms with Gasteiger partial charge in [-0.15, -0.1) is 11.3 Å². The van der Waals surface area contributed by atoms with Gasteiger partial charge < -0.3 is 15.2 Å². The summed E-state index contributed by atoms with van der Waals surface area (Å²) < 4.78 is 2.23. The maximum atomic E-state index is 12.7. The molecule has 3 aromatic rings. The number of anilines is 1. The summed E-state index contributed by atoms with van der Waals surface area (Å²) in [4.78, 5) is 18.1. The second-order valence-corrected chi connectivity index (χ2v) is 8.22. The van der Waals surface area contributed by atoms with Crippen molar-refractivity contribution in [3.05, 3.63) is 45.6 Å². The van der Waals surface area contributed by atoms with Crippen LogP contribution >= 0.6 is 11.3 Å². The summed E-state index contributed by atoms with van der Waals surface area (Å²) in [6.07, 6.45) is 3.75. The molecule has 136 valence electrons. The lowest BCUT2D eigenvalue weighted by atomic mass is 10.0. The Morgan fingerprint density at radius 1 is 1.27 bits per heavy atom. The van der Waals surface area contributed by atoms with Crippen LogP contribution in [0.5, 0.6) is 0 Å². The zero-order chi connectivity index (χ0) is 18.3. The number of carbonyl (C=O) groups excluding carboxylic acids is 1. The van der Waals surface area contributed by atoms with E-state index in [1.165, 1.54) is 44.6 Å². The zero-order valence-electron chi connectivity index (χ0n) is 15.5. The number of hydrogen-bond acceptors (Lipinski definition) is 4. The Bertz CT molecular complexity index is 986. The Balaban J connectivity index is 1.76. The molecule has 0 saturated heterocycles. The van der Waals surface area contributed by atoms with Gasteiger partial charge in [0.2, 0.25) is 5.91 Å². The number of aryl methyl sites for hydroxylation is 3. The van der Waals surface area contributed by atoms with Crippen molar-refractivity contribution in [2.75, 3.05) is 18.4 Å². The molecule has 0 aliphatic carbocycles. The van der Waals surface area contributed by atoms with Gasteiger partial charge in [0.25, 0.3) is 0 Å². The number of benzene rings is 1. The zero-order valence-corrected chi connectivity index (χ0v) is 16.3. The van der Waals surface area contributed by atoms with E-state index >= 15 is 0 Å². The van der Waals surface area contributed by atoms with Crippen LogP contribution < -0.4 is 10.6 Å². The van der Waals surface area contributed by atoms with Crippen molar-refractivity contribution in [1.29, 1.82) is 0 Å². The molecule has 1 amide bonds. The molecule has 0 spiro atoms. The smallest absolute Gasteiger partial charge is 0.246 e. The van der Waals surface area contributed by atoms with Crippen molar-refractivity contribution in [2.45, 2.75) is 40.2 Å². The highest BCUT2D eigenvalue weighted by atomic mass is 32.1. The van der Waals surface area contributed by atoms with E-state index in [9.17, 15) is 4.79 Å². The van der Waals surface area contributed by atoms with E-state index in [-0.39, 0.29) is 5.91 Å². The minimum absolute atomic E-state index is 0.0165. The Labute approximate surface area is 157 Å². The number of aromatic nitrogens is 2. The van der Waals surface area contributed by atoms with Crippen molar-refractivity contribution < 1.29 is 4.79 Å². The highest BCUT2D eigenvalue weighted by molar-refractivity contribution is 7.15. The van der Waals surface area contributed by atoms with Crippen LogP contribution in [-0.2, 0) is 24.2 Å². The third-order valence-electron chi connectivity index (χ3n) is 5.23. The maximum Gasteiger partial charge on any atom is 0.246 e. The molecule has 0 saturated carbocycles. The van der Waals surface area contributed by atoms with Crippen molar-refractivity contribution in [3.8, 4) is 0 Å². The van der Waals surface area contributed by atoms with Gasteiger partial charge in [0.1, 0.15) is 6.54 Å². The topological polar surface area (TPSA) is 59.0 Å². The van der Waals surface area contributed by atoms with Crippen molar-refractivity contribution >= 4 is 33.3 Å². The number of nitrogens with zero attached hydrogens (tertiary/aromatic N) is 2. The number of hydrogen-bond donors (Lipinski definition) is 2. The van der Waals surface area contributed by atoms with E-state index in [4.69, 9.17) is 0 Å². The molecule has 2 N–H and O–H groups in total. The number of carbonyl (C=O) groups is 1. The maximum absolute atomic E-state index is 12.7. The molecule has 3 heterocycles. The molecule has 1 aliphatic rings. The number of rotatable bonds is 3. The van der Waals surface area contributed by atoms with Crippen LogP contribution in [0.15, 0.2) is 18.3 Å². The summed E-state index contributed by atoms with van der Waals surface area (Å²) in [5.74, 6) is -0.0165. The molecule has 1 aromatic carbocycles. The van der Waals surface area contributed by atoms with Gasteiger partial charge >= 0.3 is 0 Å². The third-order valence-corrected chi connectivity index (χ3v) is 6.06. The van der Waals surface area contributed by atoms with E-state index in [0.29, 0.717) is 11.7 Å². The molecule has 0 atom stereocenters. The summed E-state index contributed by atoms with van der Waals surface area (Å²) in [5, 5.41) is 8.39. The fourth-order valence-electron chi connectivity index (χ4n) is 3.85. The lowest BCUT2D eigenvalue weighted by molar-refractivity contribution is -0.116. The Kier molecular flexibility index (Phi) is 4.54. The molecule has 0 radical (unpaired) electrons. The van der Waals surface area contributed by atoms with Gasteiger partial charge in [0.15, 0.2) is 5.13 Å². The first kappa shape index (κ1) is 17.2. The van der Waals surface area contributed by atoms with Gasteiger partial charge in [-0.05, 0) is 50.4 Å². The summed E-state index contributed by atoms with van der Waals surface area (Å²) in [5.41, 5.74) is 6.43. The highest BCUT2D eigenvalue weighted by Crippen LogP contribution is 2.32. The second-order valence-electron chi connectivity index (χ2n) is 6.99. The van der Waals surface area contributed by atoms with Crippen molar-refractivity contribution in [3.63, 3.8) is 0 Å². The summed E-state index contributed by atoms with van der Waals surface area (Å²) >= 11 is 1.51. The average molecular weight is 369 g/mol. The van der Waals surface area contributed by atoms with Gasteiger partial charge in [-0.25, -0.2) is 4.98 Å². The predicted octanol–water partition coefficient (Wildman–Crippen LogP) is 3.35. The minimum Gasteiger partial charge on any atom is -0.335 e. The normalized spacial score (nSPS) is 14.3. The molecular formula is C20H24N4OS. The number of thiazole rings is 1. The van der Waals surface area contributed by atoms with Crippen molar-refractivity contribution in [2.24, 2.45) is 0 Å². The molecule has 0 bridgehead atoms. The summed E-state index contributed by atoms with van der Waals surface area (Å²) in [6.45, 7) is 8.56. The van der Waals surface area contributed by atoms with E-state index < -0.39 is 0 Å². The van der Waals surface area contributed by atoms with Gasteiger partial charge in [-0.2, -0.15) is 0 Å². The van der Waals surface area contributed by atoms with Crippen LogP contribution in [0, 0.1) is 20.8 Å². The molecule has 0 fully saturated rings. The standard InChI is InChI=1S/C20H24N4OS/c1-12-4-5-16-15-6-8-21-9-7-17(15)24(19(16)14(12)3)11-18(25)23-20-22-10-13(2)26-20/h4-5,10,21H,6-9,11H2,1-3H3,(H,22,23,25). The quantitative estimate of drug-likeness (QED) is 0.745. The first-order valence-electron chi connectivity index (χ1n) is 9.07. The molecule has 5 nitrogen and oxygen atoms in total. The molecule has 1 aliphatic heterocycles. The van der Waals surface area contributed by atoms with Gasteiger partial charge in [0, 0.05) is 35.1 Å². The minimum atomic E-state index is -0.0165. The fourth-order valence-corrected chi connectivity index (χ4v) is 4.53. The Morgan fingerprint density at radius 3 is 2.85 bits per heavy atom. The van der Waals surface area contributed by atoms with Gasteiger partial charge in [0.05, 0.1) is 5.52 Å². The van der Waals surface area contributed by atoms with Crippen LogP contribution in [0.25, 0.3) is 10.9 Å². The Morgan fingerprint density at radius 2 is 2.08 bits per heavy atom. The van der Waals surface area contributed by atoms with Crippen LogP contribution in [-0.4, -0.2) is 28.5 Å². The molecule has 26 heavy (non-hydrogen) atoms. The first-order valence-corrected chi connectivity index (χ1v) is 9.89. The predicted molar refractivity (Wildman–Crippen MR) is 107 cm³/mol. The van der Waals surface area contributed by atoms with E-state index in [1.807, 2.05) is 6.92 Å². The SMILES string of the molecule is Cc1cnc(NC(=O)Cn2c3c(c4ccc(C)c(C)c42)CCNCC3)s1. The first-order chi connectivity index (χ1) is 12.5. The van der Waals surface area contributed by atoms with Crippen LogP contribution in [0.2, 0.25) is 0 Å². The molecule has 0 unspecified atom stereocenters. The largest absolute Gasteiger partial charge is 0.335 e. The van der Waals surface area contributed by atoms with Crippen molar-refractivity contribution in [1.82, 2.24) is 14.9 Å². The van der Waals surface area contributed by atoms with E-state index in [0.717, 1.165) is 30.8 Å². The van der Waals surface area contributed by atoms with E-state index in [1.54, 1.807) is 6.20 Å². The van der Waals surface area contributed by atoms with E-state index in [2.05, 4.69) is 46.2 Å². The Hall–Kier alpha value is -2.18. The third kappa shape index (κ3) is 3.04. The molecule has 2 aromatic heterocycles. The molecule has 4 rings (SSSR count). The summed E-state index contributed by atoms with van der Waals surface area (Å²) in [7, 11) is 0. The lowest BCUT2D eigenvalue weighted by Crippen LogP contribution is -2.21. The van der Waals surface area contributed by atoms with Crippen LogP contribution in [0.1, 0.15) is 27.3 Å². The number of nitrogens with one attached hydrogen (secondary N) is 2. The number of fused-ring (bicyclic) bond motifs is 3. The van der Waals surface area contributed by atoms with Gasteiger partial charge in [-0.3, -0.25) is 4.79 Å². The van der Waals surface area contributed by atoms with Crippen LogP contribution in [0.4, 0.5) is 5.13 Å². The average Bonchev–Trinajstić information content (AvgIpc) is 3.02. The highest BCUT2D eigenvalue weighted by Gasteiger charge is 2.22. The molecular weight excluding hydrogens is 344 g/mol. The molecule has 6 heteroatoms.